The maximum absolute atomic E-state index is 13.5. The number of rotatable bonds is 10. The van der Waals surface area contributed by atoms with Crippen LogP contribution in [0.4, 0.5) is 5.69 Å². The first-order valence-electron chi connectivity index (χ1n) is 10.2. The smallest absolute Gasteiger partial charge is 0.244 e. The van der Waals surface area contributed by atoms with E-state index in [0.29, 0.717) is 18.0 Å². The van der Waals surface area contributed by atoms with Crippen LogP contribution in [-0.4, -0.2) is 50.5 Å². The van der Waals surface area contributed by atoms with E-state index in [1.165, 1.54) is 23.1 Å². The monoisotopic (exact) mass is 533 g/mol. The molecule has 1 N–H and O–H groups in total. The molecule has 0 aromatic heterocycles. The predicted molar refractivity (Wildman–Crippen MR) is 133 cm³/mol. The van der Waals surface area contributed by atoms with Crippen molar-refractivity contribution in [1.29, 1.82) is 0 Å². The molecule has 7 nitrogen and oxygen atoms in total. The maximum atomic E-state index is 13.5. The Morgan fingerprint density at radius 2 is 1.64 bits per heavy atom. The van der Waals surface area contributed by atoms with E-state index in [1.54, 1.807) is 38.1 Å². The minimum Gasteiger partial charge on any atom is -0.355 e. The van der Waals surface area contributed by atoms with E-state index in [4.69, 9.17) is 34.8 Å². The summed E-state index contributed by atoms with van der Waals surface area (Å²) in [5.41, 5.74) is 0.939. The molecule has 2 aromatic carbocycles. The number of benzene rings is 2. The lowest BCUT2D eigenvalue weighted by Gasteiger charge is -2.32. The Hall–Kier alpha value is -2.00. The zero-order valence-electron chi connectivity index (χ0n) is 18.5. The van der Waals surface area contributed by atoms with E-state index < -0.39 is 28.5 Å². The first-order valence-corrected chi connectivity index (χ1v) is 13.2. The van der Waals surface area contributed by atoms with Gasteiger partial charge in [-0.2, -0.15) is 0 Å². The number of nitrogens with one attached hydrogen (secondary N) is 1. The van der Waals surface area contributed by atoms with Crippen LogP contribution in [0.1, 0.15) is 25.8 Å². The number of hydrogen-bond acceptors (Lipinski definition) is 4. The number of carbonyl (C=O) groups is 2. The summed E-state index contributed by atoms with van der Waals surface area (Å²) in [6, 6.07) is 10.4. The van der Waals surface area contributed by atoms with Crippen molar-refractivity contribution < 1.29 is 18.0 Å². The molecule has 0 heterocycles. The van der Waals surface area contributed by atoms with Crippen molar-refractivity contribution in [3.05, 3.63) is 63.1 Å². The van der Waals surface area contributed by atoms with Gasteiger partial charge in [-0.3, -0.25) is 13.9 Å². The Morgan fingerprint density at radius 3 is 2.15 bits per heavy atom. The van der Waals surface area contributed by atoms with Gasteiger partial charge in [0.2, 0.25) is 21.8 Å². The van der Waals surface area contributed by atoms with Gasteiger partial charge in [0.15, 0.2) is 0 Å². The molecule has 0 spiro atoms. The van der Waals surface area contributed by atoms with Crippen molar-refractivity contribution in [2.24, 2.45) is 0 Å². The summed E-state index contributed by atoms with van der Waals surface area (Å²) >= 11 is 18.0. The molecule has 1 atom stereocenters. The molecular weight excluding hydrogens is 509 g/mol. The zero-order valence-corrected chi connectivity index (χ0v) is 21.6. The fourth-order valence-corrected chi connectivity index (χ4v) is 4.51. The molecule has 2 amide bonds. The predicted octanol–water partition coefficient (Wildman–Crippen LogP) is 4.36. The van der Waals surface area contributed by atoms with E-state index in [9.17, 15) is 18.0 Å². The SMILES string of the molecule is CCNC(=O)C(CC)N(Cc1ccc(Cl)cc1)C(=O)CN(c1ccc(Cl)c(Cl)c1)S(C)(=O)=O. The van der Waals surface area contributed by atoms with Crippen molar-refractivity contribution in [2.75, 3.05) is 23.7 Å². The van der Waals surface area contributed by atoms with Gasteiger partial charge < -0.3 is 10.2 Å². The third kappa shape index (κ3) is 7.50. The Bertz CT molecular complexity index is 1090. The second kappa shape index (κ2) is 11.9. The second-order valence-corrected chi connectivity index (χ2v) is 10.5. The number of halogens is 3. The number of anilines is 1. The summed E-state index contributed by atoms with van der Waals surface area (Å²) in [5.74, 6) is -0.859. The third-order valence-electron chi connectivity index (χ3n) is 4.87. The molecular formula is C22H26Cl3N3O4S. The van der Waals surface area contributed by atoms with Gasteiger partial charge in [0.1, 0.15) is 12.6 Å². The highest BCUT2D eigenvalue weighted by atomic mass is 35.5. The summed E-state index contributed by atoms with van der Waals surface area (Å²) in [6.07, 6.45) is 1.34. The molecule has 0 aliphatic rings. The van der Waals surface area contributed by atoms with Crippen LogP contribution in [0.15, 0.2) is 42.5 Å². The highest BCUT2D eigenvalue weighted by Gasteiger charge is 2.31. The van der Waals surface area contributed by atoms with Crippen LogP contribution in [-0.2, 0) is 26.2 Å². The van der Waals surface area contributed by atoms with Crippen LogP contribution in [0.5, 0.6) is 0 Å². The van der Waals surface area contributed by atoms with Gasteiger partial charge >= 0.3 is 0 Å². The zero-order chi connectivity index (χ0) is 24.8. The highest BCUT2D eigenvalue weighted by Crippen LogP contribution is 2.28. The Morgan fingerprint density at radius 1 is 1.00 bits per heavy atom. The van der Waals surface area contributed by atoms with Crippen LogP contribution in [0, 0.1) is 0 Å². The summed E-state index contributed by atoms with van der Waals surface area (Å²) in [7, 11) is -3.85. The topological polar surface area (TPSA) is 86.8 Å². The average molecular weight is 535 g/mol. The Kier molecular flexibility index (Phi) is 9.84. The first kappa shape index (κ1) is 27.2. The van der Waals surface area contributed by atoms with Crippen molar-refractivity contribution in [3.63, 3.8) is 0 Å². The number of hydrogen-bond donors (Lipinski definition) is 1. The van der Waals surface area contributed by atoms with Gasteiger partial charge in [-0.1, -0.05) is 53.9 Å². The van der Waals surface area contributed by atoms with E-state index in [-0.39, 0.29) is 28.2 Å². The lowest BCUT2D eigenvalue weighted by atomic mass is 10.1. The van der Waals surface area contributed by atoms with E-state index in [1.807, 2.05) is 0 Å². The molecule has 0 saturated carbocycles. The van der Waals surface area contributed by atoms with Crippen molar-refractivity contribution in [3.8, 4) is 0 Å². The van der Waals surface area contributed by atoms with Gasteiger partial charge in [0.25, 0.3) is 0 Å². The van der Waals surface area contributed by atoms with E-state index in [2.05, 4.69) is 5.32 Å². The van der Waals surface area contributed by atoms with Gasteiger partial charge in [0, 0.05) is 18.1 Å². The normalized spacial score (nSPS) is 12.2. The fraction of sp³-hybridized carbons (Fsp3) is 0.364. The molecule has 1 unspecified atom stereocenters. The largest absolute Gasteiger partial charge is 0.355 e. The van der Waals surface area contributed by atoms with Crippen molar-refractivity contribution in [1.82, 2.24) is 10.2 Å². The molecule has 2 rings (SSSR count). The van der Waals surface area contributed by atoms with Gasteiger partial charge in [-0.25, -0.2) is 8.42 Å². The number of nitrogens with zero attached hydrogens (tertiary/aromatic N) is 2. The van der Waals surface area contributed by atoms with Crippen LogP contribution < -0.4 is 9.62 Å². The molecule has 0 aliphatic heterocycles. The number of sulfonamides is 1. The minimum atomic E-state index is -3.85. The molecule has 0 saturated heterocycles. The molecule has 11 heteroatoms. The number of carbonyl (C=O) groups excluding carboxylic acids is 2. The molecule has 2 aromatic rings. The molecule has 0 radical (unpaired) electrons. The summed E-state index contributed by atoms with van der Waals surface area (Å²) < 4.78 is 26.0. The molecule has 0 fully saturated rings. The fourth-order valence-electron chi connectivity index (χ4n) is 3.25. The second-order valence-electron chi connectivity index (χ2n) is 7.33. The van der Waals surface area contributed by atoms with Crippen LogP contribution in [0.25, 0.3) is 0 Å². The number of likely N-dealkylation sites (N-methyl/N-ethyl adjacent to an activating group) is 1. The van der Waals surface area contributed by atoms with Crippen LogP contribution in [0.2, 0.25) is 15.1 Å². The van der Waals surface area contributed by atoms with Gasteiger partial charge in [0.05, 0.1) is 22.0 Å². The molecule has 0 bridgehead atoms. The standard InChI is InChI=1S/C22H26Cl3N3O4S/c1-4-20(22(30)26-5-2)27(13-15-6-8-16(23)9-7-15)21(29)14-28(33(3,31)32)17-10-11-18(24)19(25)12-17/h6-12,20H,4-5,13-14H2,1-3H3,(H,26,30). The third-order valence-corrected chi connectivity index (χ3v) is 7.01. The Balaban J connectivity index is 2.44. The summed E-state index contributed by atoms with van der Waals surface area (Å²) in [6.45, 7) is 3.56. The van der Waals surface area contributed by atoms with Crippen molar-refractivity contribution >= 4 is 62.3 Å². The summed E-state index contributed by atoms with van der Waals surface area (Å²) in [5, 5.41) is 3.69. The maximum Gasteiger partial charge on any atom is 0.244 e. The average Bonchev–Trinajstić information content (AvgIpc) is 2.74. The molecule has 0 aliphatic carbocycles. The minimum absolute atomic E-state index is 0.102. The number of amides is 2. The van der Waals surface area contributed by atoms with Crippen LogP contribution >= 0.6 is 34.8 Å². The first-order chi connectivity index (χ1) is 15.5. The lowest BCUT2D eigenvalue weighted by Crippen LogP contribution is -2.52. The Labute approximate surface area is 209 Å². The summed E-state index contributed by atoms with van der Waals surface area (Å²) in [4.78, 5) is 27.5. The quantitative estimate of drug-likeness (QED) is 0.491. The lowest BCUT2D eigenvalue weighted by molar-refractivity contribution is -0.140. The van der Waals surface area contributed by atoms with Crippen LogP contribution in [0.3, 0.4) is 0 Å². The van der Waals surface area contributed by atoms with Gasteiger partial charge in [-0.05, 0) is 49.2 Å². The van der Waals surface area contributed by atoms with E-state index in [0.717, 1.165) is 16.1 Å². The molecule has 180 valence electrons. The van der Waals surface area contributed by atoms with Crippen molar-refractivity contribution in [2.45, 2.75) is 32.9 Å². The van der Waals surface area contributed by atoms with E-state index >= 15 is 0 Å². The highest BCUT2D eigenvalue weighted by molar-refractivity contribution is 7.92. The molecule has 33 heavy (non-hydrogen) atoms. The van der Waals surface area contributed by atoms with Gasteiger partial charge in [-0.15, -0.1) is 0 Å².